The summed E-state index contributed by atoms with van der Waals surface area (Å²) in [4.78, 5) is 33.8. The number of hydrogen-bond acceptors (Lipinski definition) is 4. The maximum Gasteiger partial charge on any atom is 0.337 e. The van der Waals surface area contributed by atoms with Crippen LogP contribution in [-0.4, -0.2) is 29.3 Å². The van der Waals surface area contributed by atoms with Gasteiger partial charge in [-0.1, -0.05) is 30.3 Å². The lowest BCUT2D eigenvalue weighted by molar-refractivity contribution is -0.139. The molecule has 7 heteroatoms. The number of carboxylic acid groups (broad SMARTS) is 1. The number of aliphatic carboxylic acids is 1. The Labute approximate surface area is 121 Å². The molecular weight excluding hydrogens is 276 g/mol. The number of primary amides is 1. The molecule has 0 spiro atoms. The first-order valence-corrected chi connectivity index (χ1v) is 5.85. The third-order valence-electron chi connectivity index (χ3n) is 1.84. The van der Waals surface area contributed by atoms with Gasteiger partial charge in [-0.25, -0.2) is 19.4 Å². The normalized spacial score (nSPS) is 9.95. The lowest BCUT2D eigenvalue weighted by Gasteiger charge is -2.00. The number of ether oxygens (including phenoxy) is 1. The summed E-state index contributed by atoms with van der Waals surface area (Å²) in [5.41, 5.74) is 5.42. The molecular formula is C14H16N2O5. The highest BCUT2D eigenvalue weighted by Crippen LogP contribution is 2.00. The summed E-state index contributed by atoms with van der Waals surface area (Å²) in [6.07, 6.45) is 2.97. The summed E-state index contributed by atoms with van der Waals surface area (Å²) >= 11 is 0. The van der Waals surface area contributed by atoms with Gasteiger partial charge in [0.1, 0.15) is 6.61 Å². The fourth-order valence-electron chi connectivity index (χ4n) is 1.04. The Hall–Kier alpha value is -2.96. The summed E-state index contributed by atoms with van der Waals surface area (Å²) in [5.74, 6) is -1.84. The maximum atomic E-state index is 10.9. The fraction of sp³-hybridized carbons (Fsp3) is 0.143. The zero-order valence-electron chi connectivity index (χ0n) is 11.4. The van der Waals surface area contributed by atoms with Crippen molar-refractivity contribution in [2.45, 2.75) is 13.5 Å². The van der Waals surface area contributed by atoms with E-state index in [-0.39, 0.29) is 6.61 Å². The van der Waals surface area contributed by atoms with E-state index < -0.39 is 18.0 Å². The lowest BCUT2D eigenvalue weighted by Crippen LogP contribution is -2.02. The molecule has 1 rings (SSSR count). The highest BCUT2D eigenvalue weighted by Gasteiger charge is 1.98. The van der Waals surface area contributed by atoms with Gasteiger partial charge in [0.25, 0.3) is 0 Å². The van der Waals surface area contributed by atoms with E-state index in [1.807, 2.05) is 30.3 Å². The molecule has 0 aliphatic heterocycles. The first-order valence-electron chi connectivity index (χ1n) is 5.85. The fourth-order valence-corrected chi connectivity index (χ4v) is 1.04. The van der Waals surface area contributed by atoms with Crippen LogP contribution < -0.4 is 5.73 Å². The molecule has 112 valence electrons. The van der Waals surface area contributed by atoms with E-state index in [9.17, 15) is 14.4 Å². The number of rotatable bonds is 4. The van der Waals surface area contributed by atoms with Crippen LogP contribution in [0.25, 0.3) is 0 Å². The molecule has 0 saturated heterocycles. The predicted octanol–water partition coefficient (Wildman–Crippen LogP) is 1.53. The van der Waals surface area contributed by atoms with Gasteiger partial charge < -0.3 is 15.6 Å². The topological polar surface area (TPSA) is 119 Å². The summed E-state index contributed by atoms with van der Waals surface area (Å²) in [6.45, 7) is 1.77. The van der Waals surface area contributed by atoms with Crippen molar-refractivity contribution >= 4 is 24.2 Å². The third-order valence-corrected chi connectivity index (χ3v) is 1.84. The van der Waals surface area contributed by atoms with Crippen molar-refractivity contribution in [3.8, 4) is 0 Å². The van der Waals surface area contributed by atoms with Crippen LogP contribution in [-0.2, 0) is 20.9 Å². The number of esters is 1. The minimum absolute atomic E-state index is 0.142. The largest absolute Gasteiger partial charge is 0.478 e. The molecule has 0 fully saturated rings. The van der Waals surface area contributed by atoms with Gasteiger partial charge in [0.05, 0.1) is 0 Å². The average molecular weight is 292 g/mol. The summed E-state index contributed by atoms with van der Waals surface area (Å²) in [5, 5.41) is 8.25. The van der Waals surface area contributed by atoms with Gasteiger partial charge in [-0.05, 0) is 12.5 Å². The van der Waals surface area contributed by atoms with Gasteiger partial charge in [-0.2, -0.15) is 0 Å². The van der Waals surface area contributed by atoms with E-state index in [2.05, 4.69) is 10.7 Å². The van der Waals surface area contributed by atoms with Gasteiger partial charge >= 0.3 is 18.0 Å². The summed E-state index contributed by atoms with van der Waals surface area (Å²) in [7, 11) is 0. The highest BCUT2D eigenvalue weighted by molar-refractivity contribution is 5.90. The molecule has 0 saturated carbocycles. The summed E-state index contributed by atoms with van der Waals surface area (Å²) < 4.78 is 4.79. The summed E-state index contributed by atoms with van der Waals surface area (Å²) in [6, 6.07) is 8.50. The molecule has 0 bridgehead atoms. The van der Waals surface area contributed by atoms with Gasteiger partial charge in [-0.3, -0.25) is 0 Å². The number of nitrogens with zero attached hydrogens (tertiary/aromatic N) is 1. The molecule has 0 radical (unpaired) electrons. The number of urea groups is 1. The first-order chi connectivity index (χ1) is 9.95. The van der Waals surface area contributed by atoms with Crippen LogP contribution in [0.3, 0.4) is 0 Å². The van der Waals surface area contributed by atoms with E-state index >= 15 is 0 Å². The van der Waals surface area contributed by atoms with Crippen LogP contribution in [0.4, 0.5) is 4.79 Å². The van der Waals surface area contributed by atoms with E-state index in [4.69, 9.17) is 9.84 Å². The van der Waals surface area contributed by atoms with Crippen molar-refractivity contribution in [1.82, 2.24) is 0 Å². The number of hydrogen-bond donors (Lipinski definition) is 2. The smallest absolute Gasteiger partial charge is 0.337 e. The van der Waals surface area contributed by atoms with E-state index in [1.54, 1.807) is 6.92 Å². The minimum atomic E-state index is -1.17. The van der Waals surface area contributed by atoms with Crippen LogP contribution in [0, 0.1) is 0 Å². The van der Waals surface area contributed by atoms with E-state index in [0.29, 0.717) is 0 Å². The van der Waals surface area contributed by atoms with Crippen LogP contribution in [0.1, 0.15) is 12.5 Å². The first kappa shape index (κ1) is 18.0. The minimum Gasteiger partial charge on any atom is -0.478 e. The Bertz CT molecular complexity index is 523. The standard InChI is InChI=1S/C11H10O4.C3H6N2O/c12-10(13)6-7-11(14)15-8-9-4-2-1-3-5-9;1-2-5-3(4)6/h1-7H,8H2,(H,12,13);2H,1H3,(H2,4,6)/b7-6-;. The number of nitrogens with two attached hydrogens (primary N) is 1. The zero-order valence-corrected chi connectivity index (χ0v) is 11.4. The van der Waals surface area contributed by atoms with Crippen molar-refractivity contribution in [3.05, 3.63) is 48.0 Å². The molecule has 0 heterocycles. The van der Waals surface area contributed by atoms with Crippen molar-refractivity contribution in [2.75, 3.05) is 0 Å². The Balaban J connectivity index is 0.000000567. The maximum absolute atomic E-state index is 10.9. The monoisotopic (exact) mass is 292 g/mol. The van der Waals surface area contributed by atoms with Gasteiger partial charge in [-0.15, -0.1) is 0 Å². The van der Waals surface area contributed by atoms with Crippen molar-refractivity contribution in [2.24, 2.45) is 10.7 Å². The van der Waals surface area contributed by atoms with Gasteiger partial charge in [0.2, 0.25) is 0 Å². The quantitative estimate of drug-likeness (QED) is 0.495. The molecule has 2 amide bonds. The highest BCUT2D eigenvalue weighted by atomic mass is 16.5. The van der Waals surface area contributed by atoms with Crippen LogP contribution in [0.2, 0.25) is 0 Å². The zero-order chi connectivity index (χ0) is 16.1. The molecule has 0 unspecified atom stereocenters. The number of benzene rings is 1. The lowest BCUT2D eigenvalue weighted by atomic mass is 10.2. The van der Waals surface area contributed by atoms with Crippen LogP contribution in [0.15, 0.2) is 47.5 Å². The second kappa shape index (κ2) is 10.9. The molecule has 0 aromatic heterocycles. The Kier molecular flexibility index (Phi) is 9.38. The molecule has 0 aliphatic rings. The second-order valence-corrected chi connectivity index (χ2v) is 3.49. The van der Waals surface area contributed by atoms with Crippen LogP contribution in [0.5, 0.6) is 0 Å². The SMILES string of the molecule is CC=NC(N)=O.O=C(O)/C=C\C(=O)OCc1ccccc1. The number of amides is 2. The molecule has 0 atom stereocenters. The van der Waals surface area contributed by atoms with Crippen LogP contribution >= 0.6 is 0 Å². The molecule has 7 nitrogen and oxygen atoms in total. The van der Waals surface area contributed by atoms with E-state index in [1.165, 1.54) is 6.21 Å². The molecule has 0 aliphatic carbocycles. The average Bonchev–Trinajstić information content (AvgIpc) is 2.44. The van der Waals surface area contributed by atoms with Crippen molar-refractivity contribution < 1.29 is 24.2 Å². The molecule has 1 aromatic carbocycles. The third kappa shape index (κ3) is 11.8. The van der Waals surface area contributed by atoms with Gasteiger partial charge in [0.15, 0.2) is 0 Å². The van der Waals surface area contributed by atoms with Gasteiger partial charge in [0, 0.05) is 18.4 Å². The number of carbonyl (C=O) groups excluding carboxylic acids is 2. The number of aliphatic imine (C=N–C) groups is 1. The van der Waals surface area contributed by atoms with Crippen molar-refractivity contribution in [1.29, 1.82) is 0 Å². The second-order valence-electron chi connectivity index (χ2n) is 3.49. The van der Waals surface area contributed by atoms with Crippen molar-refractivity contribution in [3.63, 3.8) is 0 Å². The molecule has 3 N–H and O–H groups in total. The number of carboxylic acids is 1. The predicted molar refractivity (Wildman–Crippen MR) is 76.8 cm³/mol. The Morgan fingerprint density at radius 1 is 1.24 bits per heavy atom. The molecule has 21 heavy (non-hydrogen) atoms. The Morgan fingerprint density at radius 2 is 1.86 bits per heavy atom. The number of carbonyl (C=O) groups is 3. The molecule has 1 aromatic rings. The van der Waals surface area contributed by atoms with E-state index in [0.717, 1.165) is 17.7 Å². The Morgan fingerprint density at radius 3 is 2.29 bits per heavy atom.